The molecule has 0 aliphatic heterocycles. The Morgan fingerprint density at radius 3 is 2.81 bits per heavy atom. The molecule has 0 aliphatic carbocycles. The fourth-order valence-corrected chi connectivity index (χ4v) is 1.62. The van der Waals surface area contributed by atoms with Gasteiger partial charge < -0.3 is 16.8 Å². The molecule has 88 valence electrons. The molecule has 1 amide bonds. The number of primary amides is 1. The van der Waals surface area contributed by atoms with Crippen molar-refractivity contribution in [3.05, 3.63) is 28.8 Å². The number of nitrogens with one attached hydrogen (secondary N) is 1. The first-order valence-electron chi connectivity index (χ1n) is 5.10. The molecule has 1 rings (SSSR count). The van der Waals surface area contributed by atoms with E-state index in [1.54, 1.807) is 18.2 Å². The third kappa shape index (κ3) is 3.40. The Bertz CT molecular complexity index is 379. The zero-order chi connectivity index (χ0) is 12.1. The molecule has 0 saturated heterocycles. The molecule has 1 aromatic rings. The van der Waals surface area contributed by atoms with Crippen molar-refractivity contribution in [2.75, 3.05) is 11.9 Å². The van der Waals surface area contributed by atoms with Gasteiger partial charge >= 0.3 is 0 Å². The Kier molecular flexibility index (Phi) is 4.58. The van der Waals surface area contributed by atoms with Gasteiger partial charge in [0.1, 0.15) is 0 Å². The van der Waals surface area contributed by atoms with Gasteiger partial charge in [-0.3, -0.25) is 4.79 Å². The van der Waals surface area contributed by atoms with Crippen LogP contribution in [0.2, 0.25) is 5.02 Å². The molecule has 0 radical (unpaired) electrons. The van der Waals surface area contributed by atoms with E-state index in [4.69, 9.17) is 23.1 Å². The Balaban J connectivity index is 2.79. The van der Waals surface area contributed by atoms with Crippen molar-refractivity contribution >= 4 is 23.2 Å². The van der Waals surface area contributed by atoms with Crippen molar-refractivity contribution in [1.82, 2.24) is 0 Å². The van der Waals surface area contributed by atoms with Gasteiger partial charge in [0.25, 0.3) is 5.91 Å². The SMILES string of the molecule is CC(N)CCNc1cccc(Cl)c1C(N)=O. The van der Waals surface area contributed by atoms with E-state index in [0.717, 1.165) is 6.42 Å². The van der Waals surface area contributed by atoms with E-state index in [1.165, 1.54) is 0 Å². The smallest absolute Gasteiger partial charge is 0.252 e. The molecule has 0 bridgehead atoms. The lowest BCUT2D eigenvalue weighted by Gasteiger charge is -2.12. The van der Waals surface area contributed by atoms with Gasteiger partial charge in [0.2, 0.25) is 0 Å². The third-order valence-corrected chi connectivity index (χ3v) is 2.49. The van der Waals surface area contributed by atoms with Crippen LogP contribution in [0.15, 0.2) is 18.2 Å². The summed E-state index contributed by atoms with van der Waals surface area (Å²) in [5.41, 5.74) is 11.9. The minimum Gasteiger partial charge on any atom is -0.384 e. The molecule has 4 nitrogen and oxygen atoms in total. The fraction of sp³-hybridized carbons (Fsp3) is 0.364. The van der Waals surface area contributed by atoms with E-state index < -0.39 is 5.91 Å². The van der Waals surface area contributed by atoms with Crippen LogP contribution in [-0.2, 0) is 0 Å². The molecule has 0 spiro atoms. The maximum Gasteiger partial charge on any atom is 0.252 e. The van der Waals surface area contributed by atoms with Gasteiger partial charge in [-0.25, -0.2) is 0 Å². The third-order valence-electron chi connectivity index (χ3n) is 2.18. The summed E-state index contributed by atoms with van der Waals surface area (Å²) in [6.45, 7) is 2.60. The number of hydrogen-bond donors (Lipinski definition) is 3. The van der Waals surface area contributed by atoms with Crippen LogP contribution < -0.4 is 16.8 Å². The van der Waals surface area contributed by atoms with E-state index in [1.807, 2.05) is 6.92 Å². The number of benzene rings is 1. The Morgan fingerprint density at radius 2 is 2.25 bits per heavy atom. The van der Waals surface area contributed by atoms with Gasteiger partial charge in [0.05, 0.1) is 10.6 Å². The average molecular weight is 242 g/mol. The van der Waals surface area contributed by atoms with Gasteiger partial charge in [-0.1, -0.05) is 17.7 Å². The summed E-state index contributed by atoms with van der Waals surface area (Å²) < 4.78 is 0. The van der Waals surface area contributed by atoms with Crippen molar-refractivity contribution < 1.29 is 4.79 Å². The van der Waals surface area contributed by atoms with Crippen LogP contribution in [0.4, 0.5) is 5.69 Å². The molecule has 0 fully saturated rings. The van der Waals surface area contributed by atoms with Gasteiger partial charge in [-0.15, -0.1) is 0 Å². The van der Waals surface area contributed by atoms with Crippen molar-refractivity contribution in [3.8, 4) is 0 Å². The van der Waals surface area contributed by atoms with Gasteiger partial charge in [0, 0.05) is 18.3 Å². The van der Waals surface area contributed by atoms with Crippen molar-refractivity contribution in [1.29, 1.82) is 0 Å². The highest BCUT2D eigenvalue weighted by atomic mass is 35.5. The molecule has 1 atom stereocenters. The number of carbonyl (C=O) groups is 1. The predicted molar refractivity (Wildman–Crippen MR) is 66.7 cm³/mol. The molecule has 0 aromatic heterocycles. The second-order valence-corrected chi connectivity index (χ2v) is 4.13. The number of rotatable bonds is 5. The number of hydrogen-bond acceptors (Lipinski definition) is 3. The summed E-state index contributed by atoms with van der Waals surface area (Å²) in [6.07, 6.45) is 0.810. The Labute approximate surface area is 100.0 Å². The number of amides is 1. The van der Waals surface area contributed by atoms with Crippen molar-refractivity contribution in [2.24, 2.45) is 11.5 Å². The maximum absolute atomic E-state index is 11.2. The second-order valence-electron chi connectivity index (χ2n) is 3.72. The zero-order valence-corrected chi connectivity index (χ0v) is 9.92. The average Bonchev–Trinajstić information content (AvgIpc) is 2.16. The maximum atomic E-state index is 11.2. The van der Waals surface area contributed by atoms with Gasteiger partial charge in [-0.05, 0) is 25.5 Å². The van der Waals surface area contributed by atoms with Crippen LogP contribution in [0.5, 0.6) is 0 Å². The first-order valence-corrected chi connectivity index (χ1v) is 5.48. The lowest BCUT2D eigenvalue weighted by molar-refractivity contribution is 0.100. The highest BCUT2D eigenvalue weighted by Crippen LogP contribution is 2.23. The molecule has 0 heterocycles. The predicted octanol–water partition coefficient (Wildman–Crippen LogP) is 1.59. The molecular weight excluding hydrogens is 226 g/mol. The van der Waals surface area contributed by atoms with E-state index in [2.05, 4.69) is 5.32 Å². The number of carbonyl (C=O) groups excluding carboxylic acids is 1. The molecule has 1 unspecified atom stereocenters. The zero-order valence-electron chi connectivity index (χ0n) is 9.16. The van der Waals surface area contributed by atoms with Gasteiger partial charge in [0.15, 0.2) is 0 Å². The normalized spacial score (nSPS) is 12.2. The van der Waals surface area contributed by atoms with E-state index in [-0.39, 0.29) is 6.04 Å². The van der Waals surface area contributed by atoms with Crippen molar-refractivity contribution in [3.63, 3.8) is 0 Å². The summed E-state index contributed by atoms with van der Waals surface area (Å²) in [5, 5.41) is 3.46. The van der Waals surface area contributed by atoms with Crippen LogP contribution >= 0.6 is 11.6 Å². The van der Waals surface area contributed by atoms with Crippen LogP contribution in [0, 0.1) is 0 Å². The standard InChI is InChI=1S/C11H16ClN3O/c1-7(13)5-6-15-9-4-2-3-8(12)10(9)11(14)16/h2-4,7,15H,5-6,13H2,1H3,(H2,14,16). The lowest BCUT2D eigenvalue weighted by Crippen LogP contribution is -2.20. The first-order chi connectivity index (χ1) is 7.52. The van der Waals surface area contributed by atoms with Crippen LogP contribution in [-0.4, -0.2) is 18.5 Å². The largest absolute Gasteiger partial charge is 0.384 e. The topological polar surface area (TPSA) is 81.1 Å². The lowest BCUT2D eigenvalue weighted by atomic mass is 10.1. The molecule has 16 heavy (non-hydrogen) atoms. The molecular formula is C11H16ClN3O. The van der Waals surface area contributed by atoms with Crippen molar-refractivity contribution in [2.45, 2.75) is 19.4 Å². The van der Waals surface area contributed by atoms with E-state index >= 15 is 0 Å². The monoisotopic (exact) mass is 241 g/mol. The van der Waals surface area contributed by atoms with Crippen LogP contribution in [0.1, 0.15) is 23.7 Å². The molecule has 5 N–H and O–H groups in total. The minimum absolute atomic E-state index is 0.115. The number of nitrogens with two attached hydrogens (primary N) is 2. The first kappa shape index (κ1) is 12.8. The highest BCUT2D eigenvalue weighted by molar-refractivity contribution is 6.34. The molecule has 1 aromatic carbocycles. The minimum atomic E-state index is -0.533. The molecule has 0 saturated carbocycles. The summed E-state index contributed by atoms with van der Waals surface area (Å²) in [7, 11) is 0. The summed E-state index contributed by atoms with van der Waals surface area (Å²) >= 11 is 5.90. The summed E-state index contributed by atoms with van der Waals surface area (Å²) in [5.74, 6) is -0.533. The van der Waals surface area contributed by atoms with Gasteiger partial charge in [-0.2, -0.15) is 0 Å². The fourth-order valence-electron chi connectivity index (χ4n) is 1.36. The Hall–Kier alpha value is -1.26. The highest BCUT2D eigenvalue weighted by Gasteiger charge is 2.11. The summed E-state index contributed by atoms with van der Waals surface area (Å²) in [6, 6.07) is 5.29. The van der Waals surface area contributed by atoms with E-state index in [9.17, 15) is 4.79 Å². The summed E-state index contributed by atoms with van der Waals surface area (Å²) in [4.78, 5) is 11.2. The molecule has 0 aliphatic rings. The number of anilines is 1. The second kappa shape index (κ2) is 5.72. The molecule has 5 heteroatoms. The van der Waals surface area contributed by atoms with Crippen LogP contribution in [0.3, 0.4) is 0 Å². The van der Waals surface area contributed by atoms with Crippen LogP contribution in [0.25, 0.3) is 0 Å². The Morgan fingerprint density at radius 1 is 1.56 bits per heavy atom. The number of halogens is 1. The quantitative estimate of drug-likeness (QED) is 0.732. The van der Waals surface area contributed by atoms with E-state index in [0.29, 0.717) is 22.8 Å².